The van der Waals surface area contributed by atoms with Crippen molar-refractivity contribution in [3.63, 3.8) is 0 Å². The van der Waals surface area contributed by atoms with Gasteiger partial charge in [-0.15, -0.1) is 11.3 Å². The normalized spacial score (nSPS) is 13.4. The summed E-state index contributed by atoms with van der Waals surface area (Å²) in [6.07, 6.45) is 1.87. The Morgan fingerprint density at radius 2 is 0.958 bits per heavy atom. The molecule has 1 atom stereocenters. The van der Waals surface area contributed by atoms with Gasteiger partial charge in [-0.05, 0) is 133 Å². The van der Waals surface area contributed by atoms with Crippen LogP contribution in [0.2, 0.25) is 0 Å². The molecule has 2 heteroatoms. The van der Waals surface area contributed by atoms with E-state index in [-0.39, 0.29) is 11.3 Å². The van der Waals surface area contributed by atoms with Crippen LogP contribution >= 0.6 is 11.3 Å². The standard InChI is InChI=1S/C70H47NS/c1-2-19-49(20-3-1)71-65-34-14-9-25-55(65)60-44-48(41-43-66(60)71)45-36-38-46(39-37-45)50(51-21-4-5-22-52(51)57-28-17-29-58-56-26-10-15-35-67(56)72-69(57)58)42-40-47-18-16-33-64-68(47)59-27-8-13-32-63(59)70(64)61-30-11-6-23-53(61)54-24-7-12-31-62(54)70/h1-39,41,43-44,50H,40,42H2. The van der Waals surface area contributed by atoms with Gasteiger partial charge in [0.15, 0.2) is 0 Å². The van der Waals surface area contributed by atoms with Gasteiger partial charge in [-0.2, -0.15) is 0 Å². The molecule has 72 heavy (non-hydrogen) atoms. The lowest BCUT2D eigenvalue weighted by atomic mass is 9.70. The van der Waals surface area contributed by atoms with E-state index in [1.54, 1.807) is 0 Å². The first-order valence-electron chi connectivity index (χ1n) is 25.3. The zero-order valence-corrected chi connectivity index (χ0v) is 40.4. The molecule has 2 aromatic heterocycles. The van der Waals surface area contributed by atoms with Crippen molar-refractivity contribution in [2.45, 2.75) is 24.2 Å². The Labute approximate surface area is 423 Å². The number of aryl methyl sites for hydroxylation is 1. The first-order chi connectivity index (χ1) is 35.7. The van der Waals surface area contributed by atoms with E-state index in [2.05, 4.69) is 259 Å². The summed E-state index contributed by atoms with van der Waals surface area (Å²) < 4.78 is 5.07. The SMILES string of the molecule is c1ccc(-n2c3ccccc3c3cc(-c4ccc(C(CCc5cccc6c5-c5ccccc5C65c6ccccc6-c6ccccc65)c5ccccc5-c5cccc6c5sc5ccccc56)cc4)ccc32)cc1. The maximum atomic E-state index is 2.42. The van der Waals surface area contributed by atoms with E-state index in [1.807, 2.05) is 11.3 Å². The minimum atomic E-state index is -0.362. The van der Waals surface area contributed by atoms with Crippen LogP contribution in [0.4, 0.5) is 0 Å². The molecule has 0 saturated heterocycles. The summed E-state index contributed by atoms with van der Waals surface area (Å²) in [6, 6.07) is 95.8. The van der Waals surface area contributed by atoms with E-state index in [0.717, 1.165) is 12.8 Å². The predicted octanol–water partition coefficient (Wildman–Crippen LogP) is 18.6. The van der Waals surface area contributed by atoms with Gasteiger partial charge in [-0.25, -0.2) is 0 Å². The summed E-state index contributed by atoms with van der Waals surface area (Å²) in [4.78, 5) is 0. The van der Waals surface area contributed by atoms with Crippen LogP contribution in [-0.2, 0) is 11.8 Å². The zero-order chi connectivity index (χ0) is 47.3. The summed E-state index contributed by atoms with van der Waals surface area (Å²) >= 11 is 1.92. The van der Waals surface area contributed by atoms with Gasteiger partial charge in [0, 0.05) is 42.6 Å². The highest BCUT2D eigenvalue weighted by atomic mass is 32.1. The van der Waals surface area contributed by atoms with Crippen LogP contribution in [0.25, 0.3) is 92.2 Å². The van der Waals surface area contributed by atoms with Gasteiger partial charge in [0.2, 0.25) is 0 Å². The Hall–Kier alpha value is -8.56. The van der Waals surface area contributed by atoms with Gasteiger partial charge in [0.25, 0.3) is 0 Å². The number of aromatic nitrogens is 1. The molecule has 13 aromatic rings. The van der Waals surface area contributed by atoms with Crippen molar-refractivity contribution in [3.05, 3.63) is 294 Å². The van der Waals surface area contributed by atoms with Crippen molar-refractivity contribution >= 4 is 53.3 Å². The van der Waals surface area contributed by atoms with Crippen LogP contribution < -0.4 is 0 Å². The number of nitrogens with zero attached hydrogens (tertiary/aromatic N) is 1. The van der Waals surface area contributed by atoms with E-state index >= 15 is 0 Å². The molecule has 2 aliphatic rings. The highest BCUT2D eigenvalue weighted by Crippen LogP contribution is 2.63. The van der Waals surface area contributed by atoms with Crippen molar-refractivity contribution in [2.75, 3.05) is 0 Å². The molecule has 0 amide bonds. The fourth-order valence-electron chi connectivity index (χ4n) is 13.2. The van der Waals surface area contributed by atoms with E-state index in [4.69, 9.17) is 0 Å². The monoisotopic (exact) mass is 933 g/mol. The lowest BCUT2D eigenvalue weighted by Gasteiger charge is -2.30. The molecule has 0 bridgehead atoms. The van der Waals surface area contributed by atoms with Crippen molar-refractivity contribution in [2.24, 2.45) is 0 Å². The molecule has 1 unspecified atom stereocenters. The Balaban J connectivity index is 0.870. The Kier molecular flexibility index (Phi) is 9.31. The van der Waals surface area contributed by atoms with Gasteiger partial charge < -0.3 is 4.57 Å². The van der Waals surface area contributed by atoms with E-state index in [9.17, 15) is 0 Å². The Morgan fingerprint density at radius 1 is 0.389 bits per heavy atom. The molecular formula is C70H47NS. The third kappa shape index (κ3) is 6.00. The molecule has 0 aliphatic heterocycles. The average Bonchev–Trinajstić information content (AvgIpc) is 4.18. The lowest BCUT2D eigenvalue weighted by Crippen LogP contribution is -2.25. The zero-order valence-electron chi connectivity index (χ0n) is 39.6. The molecule has 15 rings (SSSR count). The van der Waals surface area contributed by atoms with Crippen LogP contribution in [0.3, 0.4) is 0 Å². The van der Waals surface area contributed by atoms with Crippen LogP contribution in [0, 0.1) is 0 Å². The molecule has 0 saturated carbocycles. The molecule has 1 spiro atoms. The minimum Gasteiger partial charge on any atom is -0.309 e. The number of benzene rings is 11. The topological polar surface area (TPSA) is 4.93 Å². The average molecular weight is 934 g/mol. The molecule has 0 fully saturated rings. The van der Waals surface area contributed by atoms with E-state index in [0.29, 0.717) is 0 Å². The van der Waals surface area contributed by atoms with Crippen LogP contribution in [-0.4, -0.2) is 4.57 Å². The van der Waals surface area contributed by atoms with Gasteiger partial charge in [0.1, 0.15) is 0 Å². The molecule has 338 valence electrons. The fraction of sp³-hybridized carbons (Fsp3) is 0.0571. The van der Waals surface area contributed by atoms with Crippen LogP contribution in [0.5, 0.6) is 0 Å². The minimum absolute atomic E-state index is 0.126. The number of para-hydroxylation sites is 2. The highest BCUT2D eigenvalue weighted by Gasteiger charge is 2.51. The molecule has 1 nitrogen and oxygen atoms in total. The molecule has 0 radical (unpaired) electrons. The summed E-state index contributed by atoms with van der Waals surface area (Å²) in [6.45, 7) is 0. The summed E-state index contributed by atoms with van der Waals surface area (Å²) in [7, 11) is 0. The maximum Gasteiger partial charge on any atom is 0.0725 e. The van der Waals surface area contributed by atoms with Gasteiger partial charge in [-0.3, -0.25) is 0 Å². The third-order valence-electron chi connectivity index (χ3n) is 16.2. The van der Waals surface area contributed by atoms with Crippen molar-refractivity contribution in [3.8, 4) is 50.2 Å². The predicted molar refractivity (Wildman–Crippen MR) is 304 cm³/mol. The van der Waals surface area contributed by atoms with Crippen LogP contribution in [0.15, 0.2) is 255 Å². The van der Waals surface area contributed by atoms with Crippen LogP contribution in [0.1, 0.15) is 51.3 Å². The summed E-state index contributed by atoms with van der Waals surface area (Å²) in [5.41, 5.74) is 23.4. The smallest absolute Gasteiger partial charge is 0.0725 e. The van der Waals surface area contributed by atoms with E-state index < -0.39 is 0 Å². The number of fused-ring (bicyclic) bond motifs is 16. The second-order valence-electron chi connectivity index (χ2n) is 19.7. The van der Waals surface area contributed by atoms with Crippen molar-refractivity contribution < 1.29 is 0 Å². The molecule has 11 aromatic carbocycles. The Bertz CT molecular complexity index is 4240. The second kappa shape index (κ2) is 16.2. The molecule has 2 aliphatic carbocycles. The number of thiophene rings is 1. The van der Waals surface area contributed by atoms with Gasteiger partial charge >= 0.3 is 0 Å². The first-order valence-corrected chi connectivity index (χ1v) is 26.2. The molecule has 2 heterocycles. The lowest BCUT2D eigenvalue weighted by molar-refractivity contribution is 0.716. The quantitative estimate of drug-likeness (QED) is 0.143. The summed E-state index contributed by atoms with van der Waals surface area (Å²) in [5.74, 6) is 0.126. The maximum absolute atomic E-state index is 2.42. The first kappa shape index (κ1) is 41.2. The highest BCUT2D eigenvalue weighted by molar-refractivity contribution is 7.26. The number of hydrogen-bond acceptors (Lipinski definition) is 1. The van der Waals surface area contributed by atoms with Crippen molar-refractivity contribution in [1.29, 1.82) is 0 Å². The van der Waals surface area contributed by atoms with E-state index in [1.165, 1.54) is 131 Å². The molecule has 0 N–H and O–H groups in total. The van der Waals surface area contributed by atoms with Gasteiger partial charge in [-0.1, -0.05) is 218 Å². The molecular weight excluding hydrogens is 887 g/mol. The van der Waals surface area contributed by atoms with Crippen molar-refractivity contribution in [1.82, 2.24) is 4.57 Å². The summed E-state index contributed by atoms with van der Waals surface area (Å²) in [5, 5.41) is 5.19. The van der Waals surface area contributed by atoms with Gasteiger partial charge in [0.05, 0.1) is 16.4 Å². The number of hydrogen-bond donors (Lipinski definition) is 0. The largest absolute Gasteiger partial charge is 0.309 e. The number of rotatable bonds is 8. The third-order valence-corrected chi connectivity index (χ3v) is 17.4. The Morgan fingerprint density at radius 3 is 1.75 bits per heavy atom. The second-order valence-corrected chi connectivity index (χ2v) is 20.8. The fourth-order valence-corrected chi connectivity index (χ4v) is 14.4.